The molecular formula is C12H15BrN4S2. The quantitative estimate of drug-likeness (QED) is 0.585. The Labute approximate surface area is 128 Å². The van der Waals surface area contributed by atoms with E-state index in [0.29, 0.717) is 0 Å². The molecule has 0 spiro atoms. The zero-order chi connectivity index (χ0) is 13.5. The van der Waals surface area contributed by atoms with Gasteiger partial charge in [0, 0.05) is 40.7 Å². The molecule has 0 atom stereocenters. The highest BCUT2D eigenvalue weighted by Gasteiger charge is 2.00. The fraction of sp³-hybridized carbons (Fsp3) is 0.333. The van der Waals surface area contributed by atoms with Crippen molar-refractivity contribution < 1.29 is 0 Å². The van der Waals surface area contributed by atoms with E-state index in [1.165, 1.54) is 0 Å². The molecule has 0 bridgehead atoms. The number of rotatable bonds is 7. The summed E-state index contributed by atoms with van der Waals surface area (Å²) in [6.45, 7) is 1.62. The smallest absolute Gasteiger partial charge is 0.161 e. The van der Waals surface area contributed by atoms with E-state index in [9.17, 15) is 0 Å². The molecule has 2 rings (SSSR count). The number of fused-ring (bicyclic) bond motifs is 1. The zero-order valence-electron chi connectivity index (χ0n) is 10.3. The number of aromatic nitrogens is 2. The molecule has 102 valence electrons. The van der Waals surface area contributed by atoms with E-state index in [-0.39, 0.29) is 0 Å². The molecule has 2 aromatic heterocycles. The summed E-state index contributed by atoms with van der Waals surface area (Å²) in [5, 5.41) is 4.34. The molecule has 0 aliphatic heterocycles. The third-order valence-corrected chi connectivity index (χ3v) is 5.16. The highest BCUT2D eigenvalue weighted by atomic mass is 79.9. The minimum atomic E-state index is 0.735. The Morgan fingerprint density at radius 1 is 1.26 bits per heavy atom. The van der Waals surface area contributed by atoms with Crippen molar-refractivity contribution in [2.75, 3.05) is 29.9 Å². The Kier molecular flexibility index (Phi) is 6.22. The Morgan fingerprint density at radius 3 is 2.95 bits per heavy atom. The van der Waals surface area contributed by atoms with Crippen LogP contribution in [0.15, 0.2) is 28.9 Å². The molecule has 0 saturated carbocycles. The van der Waals surface area contributed by atoms with E-state index >= 15 is 0 Å². The third kappa shape index (κ3) is 4.83. The molecule has 2 aromatic rings. The highest BCUT2D eigenvalue weighted by Crippen LogP contribution is 2.20. The Balaban J connectivity index is 1.86. The second-order valence-corrected chi connectivity index (χ2v) is 7.37. The molecule has 19 heavy (non-hydrogen) atoms. The van der Waals surface area contributed by atoms with Gasteiger partial charge in [-0.1, -0.05) is 21.6 Å². The summed E-state index contributed by atoms with van der Waals surface area (Å²) < 4.78 is 0.968. The van der Waals surface area contributed by atoms with E-state index in [4.69, 9.17) is 5.73 Å². The Bertz CT molecular complexity index is 538. The summed E-state index contributed by atoms with van der Waals surface area (Å²) in [6, 6.07) is 6.02. The first-order chi connectivity index (χ1) is 9.29. The van der Waals surface area contributed by atoms with Crippen LogP contribution in [-0.4, -0.2) is 34.6 Å². The van der Waals surface area contributed by atoms with Gasteiger partial charge in [-0.25, -0.2) is 9.97 Å². The molecule has 3 N–H and O–H groups in total. The number of hydrogen-bond acceptors (Lipinski definition) is 6. The van der Waals surface area contributed by atoms with Crippen LogP contribution in [0.25, 0.3) is 11.0 Å². The van der Waals surface area contributed by atoms with Gasteiger partial charge in [0.15, 0.2) is 5.65 Å². The molecule has 0 radical (unpaired) electrons. The van der Waals surface area contributed by atoms with Crippen molar-refractivity contribution in [1.29, 1.82) is 0 Å². The fourth-order valence-electron chi connectivity index (χ4n) is 1.47. The number of nitrogens with two attached hydrogens (primary N) is 1. The van der Waals surface area contributed by atoms with Crippen molar-refractivity contribution in [2.24, 2.45) is 5.73 Å². The summed E-state index contributed by atoms with van der Waals surface area (Å²) >= 11 is 3.40. The van der Waals surface area contributed by atoms with Crippen LogP contribution in [0.3, 0.4) is 0 Å². The topological polar surface area (TPSA) is 63.8 Å². The first kappa shape index (κ1) is 14.9. The number of halogens is 1. The maximum Gasteiger partial charge on any atom is 0.161 e. The van der Waals surface area contributed by atoms with E-state index in [1.54, 1.807) is 17.0 Å². The third-order valence-electron chi connectivity index (χ3n) is 2.28. The van der Waals surface area contributed by atoms with Gasteiger partial charge < -0.3 is 11.1 Å². The molecular weight excluding hydrogens is 344 g/mol. The number of nitrogens with zero attached hydrogens (tertiary/aromatic N) is 2. The summed E-state index contributed by atoms with van der Waals surface area (Å²) in [6.07, 6.45) is 1.76. The van der Waals surface area contributed by atoms with Crippen molar-refractivity contribution in [3.8, 4) is 0 Å². The largest absolute Gasteiger partial charge is 0.369 e. The van der Waals surface area contributed by atoms with Crippen molar-refractivity contribution in [3.63, 3.8) is 0 Å². The van der Waals surface area contributed by atoms with Crippen LogP contribution in [0.5, 0.6) is 0 Å². The van der Waals surface area contributed by atoms with E-state index < -0.39 is 0 Å². The predicted molar refractivity (Wildman–Crippen MR) is 89.7 cm³/mol. The van der Waals surface area contributed by atoms with Gasteiger partial charge in [-0.15, -0.1) is 0 Å². The van der Waals surface area contributed by atoms with Gasteiger partial charge in [0.2, 0.25) is 0 Å². The fourth-order valence-corrected chi connectivity index (χ4v) is 3.58. The number of nitrogens with one attached hydrogen (secondary N) is 1. The monoisotopic (exact) mass is 358 g/mol. The standard InChI is InChI=1S/C12H15BrN4S2/c13-10-7-9-1-2-11(17-12(9)16-8-10)15-4-6-19-18-5-3-14/h1-2,7-8H,3-6,14H2,(H,15,16,17). The first-order valence-electron chi connectivity index (χ1n) is 5.90. The van der Waals surface area contributed by atoms with E-state index in [2.05, 4.69) is 31.2 Å². The molecule has 0 unspecified atom stereocenters. The lowest BCUT2D eigenvalue weighted by Crippen LogP contribution is -2.06. The van der Waals surface area contributed by atoms with Crippen LogP contribution in [0.1, 0.15) is 0 Å². The van der Waals surface area contributed by atoms with Gasteiger partial charge in [0.05, 0.1) is 0 Å². The Hall–Kier alpha value is -0.500. The molecule has 0 amide bonds. The average molecular weight is 359 g/mol. The van der Waals surface area contributed by atoms with Gasteiger partial charge >= 0.3 is 0 Å². The maximum absolute atomic E-state index is 5.43. The van der Waals surface area contributed by atoms with Crippen LogP contribution in [0.2, 0.25) is 0 Å². The van der Waals surface area contributed by atoms with Gasteiger partial charge in [0.25, 0.3) is 0 Å². The van der Waals surface area contributed by atoms with Crippen LogP contribution in [-0.2, 0) is 0 Å². The lowest BCUT2D eigenvalue weighted by Gasteiger charge is -2.06. The highest BCUT2D eigenvalue weighted by molar-refractivity contribution is 9.10. The number of pyridine rings is 2. The number of anilines is 1. The first-order valence-corrected chi connectivity index (χ1v) is 9.18. The molecule has 0 aliphatic rings. The van der Waals surface area contributed by atoms with Crippen LogP contribution < -0.4 is 11.1 Å². The summed E-state index contributed by atoms with van der Waals surface area (Å²) in [5.41, 5.74) is 6.19. The summed E-state index contributed by atoms with van der Waals surface area (Å²) in [5.74, 6) is 2.89. The molecule has 0 aliphatic carbocycles. The van der Waals surface area contributed by atoms with Gasteiger partial charge in [-0.2, -0.15) is 0 Å². The Morgan fingerprint density at radius 2 is 2.11 bits per heavy atom. The van der Waals surface area contributed by atoms with Gasteiger partial charge in [0.1, 0.15) is 5.82 Å². The van der Waals surface area contributed by atoms with Crippen LogP contribution in [0.4, 0.5) is 5.82 Å². The normalized spacial score (nSPS) is 10.8. The molecule has 0 saturated heterocycles. The second-order valence-electron chi connectivity index (χ2n) is 3.76. The van der Waals surface area contributed by atoms with Crippen molar-refractivity contribution in [1.82, 2.24) is 9.97 Å². The van der Waals surface area contributed by atoms with E-state index in [0.717, 1.165) is 45.9 Å². The molecule has 4 nitrogen and oxygen atoms in total. The van der Waals surface area contributed by atoms with Gasteiger partial charge in [-0.3, -0.25) is 0 Å². The van der Waals surface area contributed by atoms with Gasteiger partial charge in [-0.05, 0) is 34.1 Å². The molecule has 2 heterocycles. The number of hydrogen-bond donors (Lipinski definition) is 2. The zero-order valence-corrected chi connectivity index (χ0v) is 13.5. The van der Waals surface area contributed by atoms with Crippen molar-refractivity contribution in [3.05, 3.63) is 28.9 Å². The molecule has 0 fully saturated rings. The van der Waals surface area contributed by atoms with Crippen LogP contribution >= 0.6 is 37.5 Å². The molecule has 0 aromatic carbocycles. The van der Waals surface area contributed by atoms with Crippen LogP contribution in [0, 0.1) is 0 Å². The second kappa shape index (κ2) is 7.94. The minimum absolute atomic E-state index is 0.735. The van der Waals surface area contributed by atoms with Crippen molar-refractivity contribution >= 4 is 54.4 Å². The summed E-state index contributed by atoms with van der Waals surface area (Å²) in [4.78, 5) is 8.76. The average Bonchev–Trinajstić information content (AvgIpc) is 2.43. The van der Waals surface area contributed by atoms with E-state index in [1.807, 2.05) is 29.0 Å². The lowest BCUT2D eigenvalue weighted by atomic mass is 10.3. The predicted octanol–water partition coefficient (Wildman–Crippen LogP) is 3.14. The minimum Gasteiger partial charge on any atom is -0.369 e. The summed E-state index contributed by atoms with van der Waals surface area (Å²) in [7, 11) is 3.63. The molecule has 7 heteroatoms. The lowest BCUT2D eigenvalue weighted by molar-refractivity contribution is 1.15. The SMILES string of the molecule is NCCSSCCNc1ccc2cc(Br)cnc2n1. The maximum atomic E-state index is 5.43. The van der Waals surface area contributed by atoms with Crippen molar-refractivity contribution in [2.45, 2.75) is 0 Å².